The van der Waals surface area contributed by atoms with E-state index in [-0.39, 0.29) is 35.1 Å². The Morgan fingerprint density at radius 1 is 0.684 bits per heavy atom. The van der Waals surface area contributed by atoms with Crippen molar-refractivity contribution >= 4 is 17.2 Å². The van der Waals surface area contributed by atoms with Gasteiger partial charge in [-0.15, -0.1) is 0 Å². The van der Waals surface area contributed by atoms with Crippen LogP contribution in [0.5, 0.6) is 0 Å². The molecule has 0 radical (unpaired) electrons. The second-order valence-corrected chi connectivity index (χ2v) is 18.7. The molecule has 4 heteroatoms. The van der Waals surface area contributed by atoms with Gasteiger partial charge in [-0.3, -0.25) is 5.32 Å². The maximum absolute atomic E-state index is 5.32. The highest BCUT2D eigenvalue weighted by atomic mass is 15.3. The molecule has 5 unspecified atom stereocenters. The second-order valence-electron chi connectivity index (χ2n) is 18.7. The predicted octanol–water partition coefficient (Wildman–Crippen LogP) is 12.9. The van der Waals surface area contributed by atoms with Crippen LogP contribution in [0, 0.1) is 5.41 Å². The molecule has 0 bridgehead atoms. The molecule has 0 fully saturated rings. The molecular formula is C53H58N4. The number of benzene rings is 4. The van der Waals surface area contributed by atoms with Crippen molar-refractivity contribution in [3.05, 3.63) is 179 Å². The molecule has 0 amide bonds. The van der Waals surface area contributed by atoms with Crippen molar-refractivity contribution in [2.75, 3.05) is 4.90 Å². The topological polar surface area (TPSA) is 39.7 Å². The molecule has 57 heavy (non-hydrogen) atoms. The lowest BCUT2D eigenvalue weighted by Gasteiger charge is -2.37. The number of hydrogen-bond donors (Lipinski definition) is 2. The molecule has 4 nitrogen and oxygen atoms in total. The molecule has 0 saturated carbocycles. The molecule has 290 valence electrons. The fraction of sp³-hybridized carbons (Fsp3) is 0.340. The molecule has 3 aliphatic carbocycles. The number of nitrogens with zero attached hydrogens (tertiary/aromatic N) is 2. The largest absolute Gasteiger partial charge is 0.350 e. The minimum atomic E-state index is -0.204. The Morgan fingerprint density at radius 3 is 2.23 bits per heavy atom. The zero-order valence-electron chi connectivity index (χ0n) is 34.6. The van der Waals surface area contributed by atoms with E-state index in [0.29, 0.717) is 5.92 Å². The van der Waals surface area contributed by atoms with Gasteiger partial charge in [-0.2, -0.15) is 0 Å². The highest BCUT2D eigenvalue weighted by molar-refractivity contribution is 6.00. The SMILES string of the molecule is CC(C)(C)C1=CC2c3cc(C(C)(C)C)ccc3N(c3ccc(-c4cccc(C5CC=CCC5)c4)cc3C3NC(c4ccccc4)=NC(C4=CCCC=C4)N3)C2C=C1. The molecule has 2 heterocycles. The van der Waals surface area contributed by atoms with Gasteiger partial charge in [0, 0.05) is 28.4 Å². The third-order valence-electron chi connectivity index (χ3n) is 12.7. The lowest BCUT2D eigenvalue weighted by molar-refractivity contribution is 0.434. The molecular weight excluding hydrogens is 693 g/mol. The van der Waals surface area contributed by atoms with Crippen LogP contribution in [-0.4, -0.2) is 18.0 Å². The van der Waals surface area contributed by atoms with Crippen molar-refractivity contribution in [3.8, 4) is 11.1 Å². The van der Waals surface area contributed by atoms with E-state index in [4.69, 9.17) is 4.99 Å². The third-order valence-corrected chi connectivity index (χ3v) is 12.7. The summed E-state index contributed by atoms with van der Waals surface area (Å²) >= 11 is 0. The van der Waals surface area contributed by atoms with Gasteiger partial charge in [-0.1, -0.05) is 163 Å². The number of fused-ring (bicyclic) bond motifs is 3. The van der Waals surface area contributed by atoms with E-state index in [1.807, 2.05) is 0 Å². The lowest BCUT2D eigenvalue weighted by Crippen LogP contribution is -2.49. The normalized spacial score (nSPS) is 24.3. The van der Waals surface area contributed by atoms with Gasteiger partial charge in [-0.25, -0.2) is 4.99 Å². The quantitative estimate of drug-likeness (QED) is 0.193. The van der Waals surface area contributed by atoms with E-state index in [1.54, 1.807) is 0 Å². The summed E-state index contributed by atoms with van der Waals surface area (Å²) in [5.74, 6) is 1.73. The number of rotatable bonds is 6. The summed E-state index contributed by atoms with van der Waals surface area (Å²) in [5, 5.41) is 7.95. The fourth-order valence-corrected chi connectivity index (χ4v) is 9.37. The van der Waals surface area contributed by atoms with Crippen LogP contribution in [0.1, 0.15) is 119 Å². The van der Waals surface area contributed by atoms with Gasteiger partial charge in [0.2, 0.25) is 0 Å². The van der Waals surface area contributed by atoms with Gasteiger partial charge in [-0.05, 0) is 106 Å². The first-order valence-electron chi connectivity index (χ1n) is 21.3. The minimum absolute atomic E-state index is 0.0503. The predicted molar refractivity (Wildman–Crippen MR) is 240 cm³/mol. The average molecular weight is 751 g/mol. The molecule has 4 aromatic carbocycles. The van der Waals surface area contributed by atoms with Crippen molar-refractivity contribution in [2.45, 2.75) is 109 Å². The van der Waals surface area contributed by atoms with Crippen LogP contribution in [0.25, 0.3) is 11.1 Å². The van der Waals surface area contributed by atoms with Crippen LogP contribution >= 0.6 is 0 Å². The Bertz CT molecular complexity index is 2340. The standard InChI is InChI=1S/C53H58N4/c1-52(2,3)41-26-29-46-43(33-41)44-34-42(53(4,5)6)27-30-47(44)57(46)48-28-25-40(39-24-16-23-38(31-39)35-17-10-7-11-18-35)32-45(48)51-55-49(36-19-12-8-13-20-36)54-50(56-51)37-21-14-9-15-22-37/h7-8,10,12-14,16,19-35,43,46,50-51,56H,9,11,15,17-18H2,1-6H3,(H,54,55). The van der Waals surface area contributed by atoms with E-state index < -0.39 is 0 Å². The maximum Gasteiger partial charge on any atom is 0.131 e. The zero-order chi connectivity index (χ0) is 39.3. The maximum atomic E-state index is 5.32. The van der Waals surface area contributed by atoms with Crippen molar-refractivity contribution in [2.24, 2.45) is 10.4 Å². The van der Waals surface area contributed by atoms with E-state index >= 15 is 0 Å². The molecule has 5 atom stereocenters. The Hall–Kier alpha value is -5.19. The first kappa shape index (κ1) is 37.4. The van der Waals surface area contributed by atoms with Gasteiger partial charge in [0.05, 0.1) is 6.04 Å². The first-order chi connectivity index (χ1) is 27.5. The van der Waals surface area contributed by atoms with Crippen LogP contribution in [0.3, 0.4) is 0 Å². The van der Waals surface area contributed by atoms with Gasteiger partial charge in [0.15, 0.2) is 0 Å². The smallest absolute Gasteiger partial charge is 0.131 e. The van der Waals surface area contributed by atoms with E-state index in [9.17, 15) is 0 Å². The lowest BCUT2D eigenvalue weighted by atomic mass is 9.77. The summed E-state index contributed by atoms with van der Waals surface area (Å²) in [4.78, 5) is 7.96. The Balaban J connectivity index is 1.21. The molecule has 2 aliphatic heterocycles. The highest BCUT2D eigenvalue weighted by Gasteiger charge is 2.42. The Kier molecular flexibility index (Phi) is 9.81. The number of allylic oxidation sites excluding steroid dienone is 6. The van der Waals surface area contributed by atoms with Crippen LogP contribution in [0.2, 0.25) is 0 Å². The molecule has 2 N–H and O–H groups in total. The molecule has 9 rings (SSSR count). The van der Waals surface area contributed by atoms with E-state index in [0.717, 1.165) is 37.1 Å². The monoisotopic (exact) mass is 750 g/mol. The second kappa shape index (κ2) is 15.0. The number of hydrogen-bond acceptors (Lipinski definition) is 4. The molecule has 0 aromatic heterocycles. The van der Waals surface area contributed by atoms with E-state index in [1.165, 1.54) is 62.3 Å². The molecule has 0 saturated heterocycles. The van der Waals surface area contributed by atoms with Crippen LogP contribution in [0.4, 0.5) is 11.4 Å². The van der Waals surface area contributed by atoms with Crippen LogP contribution < -0.4 is 15.5 Å². The number of nitrogens with one attached hydrogen (secondary N) is 2. The van der Waals surface area contributed by atoms with Crippen LogP contribution in [-0.2, 0) is 5.41 Å². The van der Waals surface area contributed by atoms with Gasteiger partial charge in [0.25, 0.3) is 0 Å². The fourth-order valence-electron chi connectivity index (χ4n) is 9.37. The van der Waals surface area contributed by atoms with Crippen LogP contribution in [0.15, 0.2) is 156 Å². The molecule has 0 spiro atoms. The number of amidine groups is 1. The zero-order valence-corrected chi connectivity index (χ0v) is 34.6. The summed E-state index contributed by atoms with van der Waals surface area (Å²) in [7, 11) is 0. The summed E-state index contributed by atoms with van der Waals surface area (Å²) in [6, 6.07) is 34.5. The minimum Gasteiger partial charge on any atom is -0.350 e. The summed E-state index contributed by atoms with van der Waals surface area (Å²) in [5.41, 5.74) is 14.3. The summed E-state index contributed by atoms with van der Waals surface area (Å²) in [6.45, 7) is 14.0. The molecule has 4 aromatic rings. The Morgan fingerprint density at radius 2 is 1.47 bits per heavy atom. The van der Waals surface area contributed by atoms with Crippen molar-refractivity contribution in [1.82, 2.24) is 10.6 Å². The first-order valence-corrected chi connectivity index (χ1v) is 21.3. The summed E-state index contributed by atoms with van der Waals surface area (Å²) in [6.07, 6.45) is 24.2. The average Bonchev–Trinajstić information content (AvgIpc) is 3.57. The van der Waals surface area contributed by atoms with E-state index in [2.05, 4.69) is 197 Å². The van der Waals surface area contributed by atoms with Gasteiger partial charge in [0.1, 0.15) is 18.2 Å². The number of anilines is 2. The van der Waals surface area contributed by atoms with Crippen molar-refractivity contribution < 1.29 is 0 Å². The third kappa shape index (κ3) is 7.41. The highest BCUT2D eigenvalue weighted by Crippen LogP contribution is 2.52. The number of aliphatic imine (C=N–C) groups is 1. The van der Waals surface area contributed by atoms with Crippen molar-refractivity contribution in [3.63, 3.8) is 0 Å². The molecule has 5 aliphatic rings. The summed E-state index contributed by atoms with van der Waals surface area (Å²) < 4.78 is 0. The van der Waals surface area contributed by atoms with Gasteiger partial charge < -0.3 is 10.2 Å². The van der Waals surface area contributed by atoms with Gasteiger partial charge >= 0.3 is 0 Å². The Labute approximate surface area is 340 Å². The van der Waals surface area contributed by atoms with Crippen molar-refractivity contribution in [1.29, 1.82) is 0 Å².